The molecule has 1 aromatic carbocycles. The fourth-order valence-corrected chi connectivity index (χ4v) is 2.81. The minimum absolute atomic E-state index is 0.0344. The molecule has 0 saturated carbocycles. The van der Waals surface area contributed by atoms with Gasteiger partial charge >= 0.3 is 0 Å². The maximum atomic E-state index is 12.6. The number of carbonyl (C=O) groups excluding carboxylic acids is 2. The van der Waals surface area contributed by atoms with Gasteiger partial charge in [0, 0.05) is 24.8 Å². The fraction of sp³-hybridized carbons (Fsp3) is 0.500. The van der Waals surface area contributed by atoms with Crippen LogP contribution in [-0.2, 0) is 4.79 Å². The van der Waals surface area contributed by atoms with Crippen LogP contribution in [0.15, 0.2) is 18.2 Å². The fourth-order valence-electron chi connectivity index (χ4n) is 2.81. The van der Waals surface area contributed by atoms with E-state index < -0.39 is 0 Å². The van der Waals surface area contributed by atoms with Crippen LogP contribution in [0, 0.1) is 12.3 Å². The second kappa shape index (κ2) is 6.26. The minimum atomic E-state index is -0.338. The number of amides is 2. The van der Waals surface area contributed by atoms with Gasteiger partial charge in [0.15, 0.2) is 0 Å². The molecular weight excluding hydrogens is 266 g/mol. The maximum Gasteiger partial charge on any atom is 0.251 e. The smallest absolute Gasteiger partial charge is 0.251 e. The van der Waals surface area contributed by atoms with E-state index in [1.807, 2.05) is 19.9 Å². The summed E-state index contributed by atoms with van der Waals surface area (Å²) in [4.78, 5) is 24.4. The Morgan fingerprint density at radius 2 is 2.14 bits per heavy atom. The minimum Gasteiger partial charge on any atom is -0.355 e. The van der Waals surface area contributed by atoms with Gasteiger partial charge in [0.1, 0.15) is 0 Å². The van der Waals surface area contributed by atoms with E-state index in [0.717, 1.165) is 24.9 Å². The predicted octanol–water partition coefficient (Wildman–Crippen LogP) is 1.68. The third-order valence-corrected chi connectivity index (χ3v) is 4.46. The van der Waals surface area contributed by atoms with E-state index in [2.05, 4.69) is 16.0 Å². The van der Waals surface area contributed by atoms with Crippen LogP contribution in [0.3, 0.4) is 0 Å². The summed E-state index contributed by atoms with van der Waals surface area (Å²) >= 11 is 0. The number of benzene rings is 1. The summed E-state index contributed by atoms with van der Waals surface area (Å²) in [6, 6.07) is 5.39. The van der Waals surface area contributed by atoms with Crippen molar-refractivity contribution in [2.24, 2.45) is 5.41 Å². The first-order valence-electron chi connectivity index (χ1n) is 7.38. The number of nitrogens with one attached hydrogen (secondary N) is 3. The molecule has 1 aliphatic rings. The number of rotatable bonds is 4. The molecule has 2 amide bonds. The van der Waals surface area contributed by atoms with Gasteiger partial charge in [-0.2, -0.15) is 0 Å². The Morgan fingerprint density at radius 1 is 1.38 bits per heavy atom. The zero-order valence-electron chi connectivity index (χ0n) is 12.9. The van der Waals surface area contributed by atoms with E-state index >= 15 is 0 Å². The molecule has 1 fully saturated rings. The van der Waals surface area contributed by atoms with Crippen LogP contribution in [0.25, 0.3) is 0 Å². The van der Waals surface area contributed by atoms with Crippen molar-refractivity contribution in [1.29, 1.82) is 0 Å². The highest BCUT2D eigenvalue weighted by molar-refractivity contribution is 6.00. The highest BCUT2D eigenvalue weighted by atomic mass is 16.2. The van der Waals surface area contributed by atoms with E-state index in [1.165, 1.54) is 0 Å². The van der Waals surface area contributed by atoms with E-state index in [4.69, 9.17) is 0 Å². The molecule has 0 aliphatic carbocycles. The number of hydrogen-bond acceptors (Lipinski definition) is 3. The Hall–Kier alpha value is -1.88. The molecule has 0 bridgehead atoms. The average molecular weight is 289 g/mol. The van der Waals surface area contributed by atoms with Gasteiger partial charge in [0.05, 0.1) is 5.41 Å². The van der Waals surface area contributed by atoms with Crippen LogP contribution in [0.2, 0.25) is 0 Å². The van der Waals surface area contributed by atoms with Crippen molar-refractivity contribution in [3.8, 4) is 0 Å². The van der Waals surface area contributed by atoms with Gasteiger partial charge in [-0.15, -0.1) is 0 Å². The standard InChI is InChI=1S/C16H23N3O2/c1-4-16(8-9-18-10-16)15(21)19-13-7-5-6-12(11(13)2)14(20)17-3/h5-7,18H,4,8-10H2,1-3H3,(H,17,20)(H,19,21). The quantitative estimate of drug-likeness (QED) is 0.790. The van der Waals surface area contributed by atoms with Crippen molar-refractivity contribution in [2.75, 3.05) is 25.5 Å². The van der Waals surface area contributed by atoms with Crippen LogP contribution in [-0.4, -0.2) is 32.0 Å². The molecule has 1 unspecified atom stereocenters. The molecule has 0 aromatic heterocycles. The number of carbonyl (C=O) groups is 2. The first-order valence-corrected chi connectivity index (χ1v) is 7.38. The summed E-state index contributed by atoms with van der Waals surface area (Å²) in [5.41, 5.74) is 1.75. The number of hydrogen-bond donors (Lipinski definition) is 3. The lowest BCUT2D eigenvalue weighted by Crippen LogP contribution is -2.37. The summed E-state index contributed by atoms with van der Waals surface area (Å²) in [5.74, 6) is -0.108. The Kier molecular flexibility index (Phi) is 4.63. The molecule has 5 nitrogen and oxygen atoms in total. The molecule has 0 spiro atoms. The van der Waals surface area contributed by atoms with Crippen molar-refractivity contribution in [3.63, 3.8) is 0 Å². The largest absolute Gasteiger partial charge is 0.355 e. The van der Waals surface area contributed by atoms with Crippen LogP contribution >= 0.6 is 0 Å². The normalized spacial score (nSPS) is 21.1. The molecular formula is C16H23N3O2. The van der Waals surface area contributed by atoms with Crippen molar-refractivity contribution in [2.45, 2.75) is 26.7 Å². The third kappa shape index (κ3) is 2.93. The molecule has 1 atom stereocenters. The van der Waals surface area contributed by atoms with E-state index in [-0.39, 0.29) is 17.2 Å². The van der Waals surface area contributed by atoms with Gasteiger partial charge in [-0.3, -0.25) is 9.59 Å². The highest BCUT2D eigenvalue weighted by Gasteiger charge is 2.39. The lowest BCUT2D eigenvalue weighted by molar-refractivity contribution is -0.124. The van der Waals surface area contributed by atoms with E-state index in [1.54, 1.807) is 19.2 Å². The van der Waals surface area contributed by atoms with E-state index in [0.29, 0.717) is 17.8 Å². The Labute approximate surface area is 125 Å². The van der Waals surface area contributed by atoms with Crippen LogP contribution in [0.1, 0.15) is 35.7 Å². The monoisotopic (exact) mass is 289 g/mol. The lowest BCUT2D eigenvalue weighted by Gasteiger charge is -2.26. The lowest BCUT2D eigenvalue weighted by atomic mass is 9.83. The Balaban J connectivity index is 2.23. The van der Waals surface area contributed by atoms with Crippen LogP contribution in [0.5, 0.6) is 0 Å². The molecule has 1 saturated heterocycles. The summed E-state index contributed by atoms with van der Waals surface area (Å²) < 4.78 is 0. The average Bonchev–Trinajstić information content (AvgIpc) is 2.98. The van der Waals surface area contributed by atoms with E-state index in [9.17, 15) is 9.59 Å². The summed E-state index contributed by atoms with van der Waals surface area (Å²) in [6.45, 7) is 5.48. The molecule has 21 heavy (non-hydrogen) atoms. The molecule has 5 heteroatoms. The van der Waals surface area contributed by atoms with Crippen molar-refractivity contribution in [3.05, 3.63) is 29.3 Å². The van der Waals surface area contributed by atoms with Crippen molar-refractivity contribution >= 4 is 17.5 Å². The van der Waals surface area contributed by atoms with Gasteiger partial charge in [-0.1, -0.05) is 13.0 Å². The SMILES string of the molecule is CCC1(C(=O)Nc2cccc(C(=O)NC)c2C)CCNC1. The molecule has 1 heterocycles. The molecule has 1 aromatic rings. The summed E-state index contributed by atoms with van der Waals surface area (Å²) in [6.07, 6.45) is 1.66. The molecule has 3 N–H and O–H groups in total. The third-order valence-electron chi connectivity index (χ3n) is 4.46. The Bertz CT molecular complexity index is 548. The molecule has 0 radical (unpaired) electrons. The molecule has 2 rings (SSSR count). The zero-order valence-corrected chi connectivity index (χ0v) is 12.9. The second-order valence-electron chi connectivity index (χ2n) is 5.57. The predicted molar refractivity (Wildman–Crippen MR) is 83.4 cm³/mol. The first-order chi connectivity index (χ1) is 10.0. The van der Waals surface area contributed by atoms with Gasteiger partial charge in [0.25, 0.3) is 5.91 Å². The van der Waals surface area contributed by atoms with Gasteiger partial charge in [-0.05, 0) is 44.0 Å². The second-order valence-corrected chi connectivity index (χ2v) is 5.57. The molecule has 1 aliphatic heterocycles. The van der Waals surface area contributed by atoms with Crippen molar-refractivity contribution < 1.29 is 9.59 Å². The summed E-state index contributed by atoms with van der Waals surface area (Å²) in [5, 5.41) is 8.88. The maximum absolute atomic E-state index is 12.6. The first kappa shape index (κ1) is 15.5. The van der Waals surface area contributed by atoms with Gasteiger partial charge in [0.2, 0.25) is 5.91 Å². The van der Waals surface area contributed by atoms with Gasteiger partial charge in [-0.25, -0.2) is 0 Å². The Morgan fingerprint density at radius 3 is 2.71 bits per heavy atom. The van der Waals surface area contributed by atoms with Gasteiger partial charge < -0.3 is 16.0 Å². The molecule has 114 valence electrons. The number of anilines is 1. The summed E-state index contributed by atoms with van der Waals surface area (Å²) in [7, 11) is 1.60. The van der Waals surface area contributed by atoms with Crippen molar-refractivity contribution in [1.82, 2.24) is 10.6 Å². The topological polar surface area (TPSA) is 70.2 Å². The van der Waals surface area contributed by atoms with Crippen LogP contribution < -0.4 is 16.0 Å². The zero-order chi connectivity index (χ0) is 15.5. The highest BCUT2D eigenvalue weighted by Crippen LogP contribution is 2.31. The van der Waals surface area contributed by atoms with Crippen LogP contribution in [0.4, 0.5) is 5.69 Å².